The summed E-state index contributed by atoms with van der Waals surface area (Å²) >= 11 is 5.70. The van der Waals surface area contributed by atoms with Crippen molar-refractivity contribution in [3.8, 4) is 5.88 Å². The Kier molecular flexibility index (Phi) is 1.89. The molecule has 1 aliphatic carbocycles. The van der Waals surface area contributed by atoms with Crippen LogP contribution in [0.15, 0.2) is 6.07 Å². The third kappa shape index (κ3) is 1.50. The summed E-state index contributed by atoms with van der Waals surface area (Å²) in [6.45, 7) is 0. The van der Waals surface area contributed by atoms with Gasteiger partial charge in [0.1, 0.15) is 0 Å². The number of rotatable bonds is 2. The molecule has 12 heavy (non-hydrogen) atoms. The van der Waals surface area contributed by atoms with Gasteiger partial charge in [0.05, 0.1) is 12.8 Å². The molecule has 3 nitrogen and oxygen atoms in total. The quantitative estimate of drug-likeness (QED) is 0.660. The van der Waals surface area contributed by atoms with Crippen LogP contribution in [0, 0.1) is 0 Å². The Balaban J connectivity index is 2.34. The lowest BCUT2D eigenvalue weighted by Crippen LogP contribution is -1.94. The Morgan fingerprint density at radius 1 is 1.50 bits per heavy atom. The molecule has 4 heteroatoms. The fourth-order valence-electron chi connectivity index (χ4n) is 1.11. The molecule has 0 unspecified atom stereocenters. The van der Waals surface area contributed by atoms with Gasteiger partial charge in [-0.3, -0.25) is 0 Å². The molecule has 0 amide bonds. The molecule has 0 atom stereocenters. The Labute approximate surface area is 75.7 Å². The predicted molar refractivity (Wildman–Crippen MR) is 45.6 cm³/mol. The molecule has 0 spiro atoms. The summed E-state index contributed by atoms with van der Waals surface area (Å²) < 4.78 is 4.98. The monoisotopic (exact) mass is 184 g/mol. The van der Waals surface area contributed by atoms with Crippen molar-refractivity contribution < 1.29 is 4.74 Å². The van der Waals surface area contributed by atoms with Crippen molar-refractivity contribution in [1.82, 2.24) is 9.97 Å². The fraction of sp³-hybridized carbons (Fsp3) is 0.500. The van der Waals surface area contributed by atoms with Gasteiger partial charge in [-0.15, -0.1) is 0 Å². The number of halogens is 1. The maximum atomic E-state index is 5.70. The zero-order chi connectivity index (χ0) is 8.55. The molecule has 64 valence electrons. The number of hydrogen-bond acceptors (Lipinski definition) is 3. The molecule has 1 heterocycles. The third-order valence-electron chi connectivity index (χ3n) is 1.90. The van der Waals surface area contributed by atoms with Gasteiger partial charge < -0.3 is 4.74 Å². The minimum absolute atomic E-state index is 0.274. The summed E-state index contributed by atoms with van der Waals surface area (Å²) in [6.07, 6.45) is 2.41. The van der Waals surface area contributed by atoms with E-state index in [1.54, 1.807) is 7.11 Å². The van der Waals surface area contributed by atoms with Crippen molar-refractivity contribution >= 4 is 11.6 Å². The van der Waals surface area contributed by atoms with Crippen LogP contribution in [-0.2, 0) is 0 Å². The van der Waals surface area contributed by atoms with E-state index in [4.69, 9.17) is 16.3 Å². The molecule has 0 aromatic carbocycles. The van der Waals surface area contributed by atoms with Crippen LogP contribution in [-0.4, -0.2) is 17.1 Å². The summed E-state index contributed by atoms with van der Waals surface area (Å²) in [7, 11) is 1.58. The van der Waals surface area contributed by atoms with Crippen molar-refractivity contribution in [2.45, 2.75) is 18.8 Å². The Hall–Kier alpha value is -0.830. The van der Waals surface area contributed by atoms with Gasteiger partial charge in [0.15, 0.2) is 0 Å². The topological polar surface area (TPSA) is 35.0 Å². The molecule has 1 aromatic rings. The Bertz CT molecular complexity index is 299. The smallest absolute Gasteiger partial charge is 0.225 e. The van der Waals surface area contributed by atoms with Crippen molar-refractivity contribution in [2.24, 2.45) is 0 Å². The van der Waals surface area contributed by atoms with E-state index in [1.807, 2.05) is 6.07 Å². The summed E-state index contributed by atoms with van der Waals surface area (Å²) in [5.74, 6) is 1.14. The van der Waals surface area contributed by atoms with Crippen LogP contribution >= 0.6 is 11.6 Å². The predicted octanol–water partition coefficient (Wildman–Crippen LogP) is 2.02. The molecule has 1 fully saturated rings. The van der Waals surface area contributed by atoms with Crippen LogP contribution in [0.4, 0.5) is 0 Å². The Morgan fingerprint density at radius 3 is 2.83 bits per heavy atom. The van der Waals surface area contributed by atoms with Crippen molar-refractivity contribution in [1.29, 1.82) is 0 Å². The lowest BCUT2D eigenvalue weighted by Gasteiger charge is -2.01. The molecule has 0 radical (unpaired) electrons. The standard InChI is InChI=1S/C8H9ClN2O/c1-12-7-4-6(5-2-3-5)10-8(9)11-7/h4-5H,2-3H2,1H3. The molecule has 2 rings (SSSR count). The molecule has 0 bridgehead atoms. The van der Waals surface area contributed by atoms with Gasteiger partial charge in [0.25, 0.3) is 0 Å². The van der Waals surface area contributed by atoms with Crippen LogP contribution in [0.5, 0.6) is 5.88 Å². The highest BCUT2D eigenvalue weighted by Gasteiger charge is 2.26. The molecule has 1 aromatic heterocycles. The second-order valence-electron chi connectivity index (χ2n) is 2.88. The van der Waals surface area contributed by atoms with Crippen molar-refractivity contribution in [2.75, 3.05) is 7.11 Å². The molecule has 0 saturated heterocycles. The van der Waals surface area contributed by atoms with Gasteiger partial charge in [-0.2, -0.15) is 4.98 Å². The van der Waals surface area contributed by atoms with Gasteiger partial charge in [-0.1, -0.05) is 0 Å². The zero-order valence-corrected chi connectivity index (χ0v) is 7.51. The highest BCUT2D eigenvalue weighted by Crippen LogP contribution is 2.39. The minimum atomic E-state index is 0.274. The van der Waals surface area contributed by atoms with Crippen molar-refractivity contribution in [3.63, 3.8) is 0 Å². The molecule has 0 aliphatic heterocycles. The summed E-state index contributed by atoms with van der Waals surface area (Å²) in [5, 5.41) is 0.274. The zero-order valence-electron chi connectivity index (χ0n) is 6.75. The second-order valence-corrected chi connectivity index (χ2v) is 3.22. The molecular weight excluding hydrogens is 176 g/mol. The highest BCUT2D eigenvalue weighted by molar-refractivity contribution is 6.28. The van der Waals surface area contributed by atoms with Gasteiger partial charge in [0.2, 0.25) is 11.2 Å². The van der Waals surface area contributed by atoms with E-state index < -0.39 is 0 Å². The van der Waals surface area contributed by atoms with E-state index in [0.717, 1.165) is 5.69 Å². The lowest BCUT2D eigenvalue weighted by atomic mass is 10.3. The average Bonchev–Trinajstić information content (AvgIpc) is 2.85. The van der Waals surface area contributed by atoms with Crippen molar-refractivity contribution in [3.05, 3.63) is 17.0 Å². The number of ether oxygens (including phenoxy) is 1. The number of methoxy groups -OCH3 is 1. The summed E-state index contributed by atoms with van der Waals surface area (Å²) in [5.41, 5.74) is 1.01. The van der Waals surface area contributed by atoms with Crippen LogP contribution in [0.1, 0.15) is 24.5 Å². The Morgan fingerprint density at radius 2 is 2.25 bits per heavy atom. The maximum absolute atomic E-state index is 5.70. The average molecular weight is 185 g/mol. The van der Waals surface area contributed by atoms with E-state index in [1.165, 1.54) is 12.8 Å². The van der Waals surface area contributed by atoms with E-state index in [2.05, 4.69) is 9.97 Å². The third-order valence-corrected chi connectivity index (χ3v) is 2.07. The van der Waals surface area contributed by atoms with Gasteiger partial charge in [0, 0.05) is 12.0 Å². The summed E-state index contributed by atoms with van der Waals surface area (Å²) in [6, 6.07) is 1.85. The molecule has 1 saturated carbocycles. The van der Waals surface area contributed by atoms with Crippen LogP contribution < -0.4 is 4.74 Å². The van der Waals surface area contributed by atoms with E-state index in [9.17, 15) is 0 Å². The van der Waals surface area contributed by atoms with Crippen LogP contribution in [0.2, 0.25) is 5.28 Å². The molecular formula is C8H9ClN2O. The van der Waals surface area contributed by atoms with E-state index in [0.29, 0.717) is 11.8 Å². The lowest BCUT2D eigenvalue weighted by molar-refractivity contribution is 0.396. The van der Waals surface area contributed by atoms with E-state index in [-0.39, 0.29) is 5.28 Å². The molecule has 1 aliphatic rings. The number of hydrogen-bond donors (Lipinski definition) is 0. The first kappa shape index (κ1) is 7.80. The fourth-order valence-corrected chi connectivity index (χ4v) is 1.29. The number of aromatic nitrogens is 2. The first-order valence-electron chi connectivity index (χ1n) is 3.88. The van der Waals surface area contributed by atoms with Crippen LogP contribution in [0.3, 0.4) is 0 Å². The number of nitrogens with zero attached hydrogens (tertiary/aromatic N) is 2. The summed E-state index contributed by atoms with van der Waals surface area (Å²) in [4.78, 5) is 8.01. The second kappa shape index (κ2) is 2.90. The molecule has 0 N–H and O–H groups in total. The van der Waals surface area contributed by atoms with Gasteiger partial charge >= 0.3 is 0 Å². The minimum Gasteiger partial charge on any atom is -0.481 e. The SMILES string of the molecule is COc1cc(C2CC2)nc(Cl)n1. The first-order chi connectivity index (χ1) is 5.79. The normalized spacial score (nSPS) is 16.2. The highest BCUT2D eigenvalue weighted by atomic mass is 35.5. The largest absolute Gasteiger partial charge is 0.481 e. The van der Waals surface area contributed by atoms with Gasteiger partial charge in [-0.25, -0.2) is 4.98 Å². The van der Waals surface area contributed by atoms with Crippen LogP contribution in [0.25, 0.3) is 0 Å². The van der Waals surface area contributed by atoms with E-state index >= 15 is 0 Å². The van der Waals surface area contributed by atoms with Gasteiger partial charge in [-0.05, 0) is 24.4 Å². The maximum Gasteiger partial charge on any atom is 0.225 e. The first-order valence-corrected chi connectivity index (χ1v) is 4.26.